The lowest BCUT2D eigenvalue weighted by molar-refractivity contribution is 0.318. The summed E-state index contributed by atoms with van der Waals surface area (Å²) >= 11 is 0. The smallest absolute Gasteiger partial charge is 0.276 e. The predicted octanol–water partition coefficient (Wildman–Crippen LogP) is 5.26. The first kappa shape index (κ1) is 23.6. The Hall–Kier alpha value is -2.67. The Morgan fingerprint density at radius 2 is 1.57 bits per heavy atom. The van der Waals surface area contributed by atoms with E-state index in [-0.39, 0.29) is 4.90 Å². The van der Waals surface area contributed by atoms with E-state index in [4.69, 9.17) is 0 Å². The Morgan fingerprint density at radius 3 is 2.20 bits per heavy atom. The molecule has 2 N–H and O–H groups in total. The first-order valence-electron chi connectivity index (χ1n) is 10.4. The Balaban J connectivity index is 2.19. The van der Waals surface area contributed by atoms with E-state index in [1.165, 1.54) is 31.4 Å². The van der Waals surface area contributed by atoms with Crippen molar-refractivity contribution >= 4 is 21.4 Å². The molecule has 162 valence electrons. The predicted molar refractivity (Wildman–Crippen MR) is 122 cm³/mol. The average molecular weight is 430 g/mol. The summed E-state index contributed by atoms with van der Waals surface area (Å²) in [6.07, 6.45) is 7.12. The van der Waals surface area contributed by atoms with Gasteiger partial charge in [0.1, 0.15) is 11.4 Å². The number of rotatable bonds is 12. The fourth-order valence-electron chi connectivity index (χ4n) is 3.06. The molecule has 2 aromatic carbocycles. The fourth-order valence-corrected chi connectivity index (χ4v) is 3.87. The van der Waals surface area contributed by atoms with Gasteiger partial charge in [-0.05, 0) is 31.9 Å². The van der Waals surface area contributed by atoms with Crippen molar-refractivity contribution in [2.45, 2.75) is 63.7 Å². The normalized spacial score (nSPS) is 12.7. The number of hydrazone groups is 1. The van der Waals surface area contributed by atoms with Crippen LogP contribution in [0.3, 0.4) is 0 Å². The average Bonchev–Trinajstić information content (AvgIpc) is 2.75. The van der Waals surface area contributed by atoms with E-state index in [0.717, 1.165) is 24.8 Å². The molecule has 0 amide bonds. The highest BCUT2D eigenvalue weighted by atomic mass is 32.2. The van der Waals surface area contributed by atoms with Crippen molar-refractivity contribution in [1.29, 1.82) is 0 Å². The van der Waals surface area contributed by atoms with Crippen molar-refractivity contribution in [2.24, 2.45) is 10.3 Å². The molecule has 2 aromatic rings. The van der Waals surface area contributed by atoms with Crippen LogP contribution < -0.4 is 4.83 Å². The van der Waals surface area contributed by atoms with E-state index in [1.807, 2.05) is 37.3 Å². The third-order valence-corrected chi connectivity index (χ3v) is 6.04. The number of sulfonamides is 1. The van der Waals surface area contributed by atoms with Crippen molar-refractivity contribution in [2.75, 3.05) is 0 Å². The first-order chi connectivity index (χ1) is 14.5. The quantitative estimate of drug-likeness (QED) is 0.209. The molecule has 0 aliphatic carbocycles. The van der Waals surface area contributed by atoms with E-state index in [2.05, 4.69) is 22.0 Å². The summed E-state index contributed by atoms with van der Waals surface area (Å²) < 4.78 is 25.3. The van der Waals surface area contributed by atoms with Gasteiger partial charge >= 0.3 is 0 Å². The van der Waals surface area contributed by atoms with Gasteiger partial charge in [-0.2, -0.15) is 18.4 Å². The van der Waals surface area contributed by atoms with Gasteiger partial charge in [0.15, 0.2) is 0 Å². The summed E-state index contributed by atoms with van der Waals surface area (Å²) in [7, 11) is -3.83. The highest BCUT2D eigenvalue weighted by molar-refractivity contribution is 7.89. The molecule has 0 heterocycles. The maximum Gasteiger partial charge on any atom is 0.276 e. The SMILES string of the molecule is CCCCCCCCC(=N/O)/C(=N/NS(=O)(=O)c1ccc(C)cc1)c1ccccc1. The molecule has 0 aromatic heterocycles. The van der Waals surface area contributed by atoms with Crippen molar-refractivity contribution < 1.29 is 13.6 Å². The Bertz CT molecular complexity index is 937. The van der Waals surface area contributed by atoms with Gasteiger partial charge in [-0.3, -0.25) is 0 Å². The lowest BCUT2D eigenvalue weighted by Crippen LogP contribution is -2.24. The number of hydrogen-bond acceptors (Lipinski definition) is 5. The topological polar surface area (TPSA) is 91.1 Å². The minimum atomic E-state index is -3.83. The van der Waals surface area contributed by atoms with E-state index >= 15 is 0 Å². The number of hydrogen-bond donors (Lipinski definition) is 2. The second-order valence-electron chi connectivity index (χ2n) is 7.30. The molecule has 30 heavy (non-hydrogen) atoms. The number of nitrogens with zero attached hydrogens (tertiary/aromatic N) is 2. The van der Waals surface area contributed by atoms with Gasteiger partial charge in [0, 0.05) is 5.56 Å². The Morgan fingerprint density at radius 1 is 0.933 bits per heavy atom. The molecule has 0 saturated carbocycles. The minimum Gasteiger partial charge on any atom is -0.411 e. The molecule has 2 rings (SSSR count). The molecule has 0 unspecified atom stereocenters. The molecular formula is C23H31N3O3S. The van der Waals surface area contributed by atoms with Crippen molar-refractivity contribution in [3.8, 4) is 0 Å². The highest BCUT2D eigenvalue weighted by Crippen LogP contribution is 2.13. The second-order valence-corrected chi connectivity index (χ2v) is 8.96. The molecule has 6 nitrogen and oxygen atoms in total. The van der Waals surface area contributed by atoms with Crippen LogP contribution in [0.25, 0.3) is 0 Å². The lowest BCUT2D eigenvalue weighted by Gasteiger charge is -2.11. The number of benzene rings is 2. The summed E-state index contributed by atoms with van der Waals surface area (Å²) in [6, 6.07) is 15.7. The van der Waals surface area contributed by atoms with Crippen LogP contribution in [0.15, 0.2) is 69.7 Å². The van der Waals surface area contributed by atoms with Crippen LogP contribution in [0.2, 0.25) is 0 Å². The molecule has 0 aliphatic rings. The van der Waals surface area contributed by atoms with Gasteiger partial charge in [-0.15, -0.1) is 0 Å². The molecule has 0 aliphatic heterocycles. The summed E-state index contributed by atoms with van der Waals surface area (Å²) in [5.74, 6) is 0. The number of aryl methyl sites for hydroxylation is 1. The maximum absolute atomic E-state index is 12.6. The third kappa shape index (κ3) is 7.30. The van der Waals surface area contributed by atoms with Gasteiger partial charge in [0.2, 0.25) is 0 Å². The standard InChI is InChI=1S/C23H31N3O3S/c1-3-4-5-6-7-11-14-22(25-27)23(20-12-9-8-10-13-20)24-26-30(28,29)21-17-15-19(2)16-18-21/h8-10,12-13,15-18,26-27H,3-7,11,14H2,1-2H3/b24-23+,25-22-. The molecule has 0 saturated heterocycles. The van der Waals surface area contributed by atoms with E-state index < -0.39 is 10.0 Å². The van der Waals surface area contributed by atoms with E-state index in [1.54, 1.807) is 12.1 Å². The molecule has 7 heteroatoms. The monoisotopic (exact) mass is 429 g/mol. The Labute approximate surface area is 179 Å². The lowest BCUT2D eigenvalue weighted by atomic mass is 10.0. The largest absolute Gasteiger partial charge is 0.411 e. The molecule has 0 radical (unpaired) electrons. The molecule has 0 fully saturated rings. The van der Waals surface area contributed by atoms with Gasteiger partial charge in [0.25, 0.3) is 10.0 Å². The molecule has 0 spiro atoms. The van der Waals surface area contributed by atoms with Gasteiger partial charge < -0.3 is 5.21 Å². The van der Waals surface area contributed by atoms with Crippen LogP contribution in [0.1, 0.15) is 63.0 Å². The summed E-state index contributed by atoms with van der Waals surface area (Å²) in [5, 5.41) is 17.2. The maximum atomic E-state index is 12.6. The van der Waals surface area contributed by atoms with Crippen molar-refractivity contribution in [3.05, 3.63) is 65.7 Å². The second kappa shape index (κ2) is 12.1. The summed E-state index contributed by atoms with van der Waals surface area (Å²) in [5.41, 5.74) is 2.34. The van der Waals surface area contributed by atoms with E-state index in [0.29, 0.717) is 23.4 Å². The zero-order valence-corrected chi connectivity index (χ0v) is 18.5. The van der Waals surface area contributed by atoms with Crippen molar-refractivity contribution in [3.63, 3.8) is 0 Å². The molecule has 0 atom stereocenters. The number of unbranched alkanes of at least 4 members (excludes halogenated alkanes) is 5. The van der Waals surface area contributed by atoms with Gasteiger partial charge in [-0.25, -0.2) is 0 Å². The number of oxime groups is 1. The molecule has 0 bridgehead atoms. The third-order valence-electron chi connectivity index (χ3n) is 4.82. The zero-order valence-electron chi connectivity index (χ0n) is 17.7. The van der Waals surface area contributed by atoms with Gasteiger partial charge in [-0.1, -0.05) is 92.2 Å². The van der Waals surface area contributed by atoms with Crippen LogP contribution in [0, 0.1) is 6.92 Å². The first-order valence-corrected chi connectivity index (χ1v) is 11.9. The van der Waals surface area contributed by atoms with Crippen LogP contribution in [-0.2, 0) is 10.0 Å². The van der Waals surface area contributed by atoms with Crippen LogP contribution in [0.4, 0.5) is 0 Å². The van der Waals surface area contributed by atoms with E-state index in [9.17, 15) is 13.6 Å². The van der Waals surface area contributed by atoms with Crippen LogP contribution in [0.5, 0.6) is 0 Å². The summed E-state index contributed by atoms with van der Waals surface area (Å²) in [4.78, 5) is 2.42. The highest BCUT2D eigenvalue weighted by Gasteiger charge is 2.17. The van der Waals surface area contributed by atoms with Gasteiger partial charge in [0.05, 0.1) is 4.90 Å². The minimum absolute atomic E-state index is 0.127. The summed E-state index contributed by atoms with van der Waals surface area (Å²) in [6.45, 7) is 4.07. The number of nitrogens with one attached hydrogen (secondary N) is 1. The van der Waals surface area contributed by atoms with Crippen molar-refractivity contribution in [1.82, 2.24) is 4.83 Å². The molecular weight excluding hydrogens is 398 g/mol. The Kier molecular flexibility index (Phi) is 9.54. The fraction of sp³-hybridized carbons (Fsp3) is 0.391. The zero-order chi connectivity index (χ0) is 21.8. The van der Waals surface area contributed by atoms with Crippen LogP contribution >= 0.6 is 0 Å². The van der Waals surface area contributed by atoms with Crippen LogP contribution in [-0.4, -0.2) is 25.0 Å².